The molecule has 0 spiro atoms. The summed E-state index contributed by atoms with van der Waals surface area (Å²) in [5.41, 5.74) is 2.63. The van der Waals surface area contributed by atoms with Crippen molar-refractivity contribution in [3.8, 4) is 11.3 Å². The van der Waals surface area contributed by atoms with Crippen LogP contribution in [0.5, 0.6) is 0 Å². The molecule has 3 rings (SSSR count). The zero-order valence-electron chi connectivity index (χ0n) is 16.4. The topological polar surface area (TPSA) is 35.0 Å². The van der Waals surface area contributed by atoms with E-state index in [0.717, 1.165) is 27.6 Å². The Kier molecular flexibility index (Phi) is 5.44. The van der Waals surface area contributed by atoms with E-state index in [4.69, 9.17) is 16.0 Å². The van der Waals surface area contributed by atoms with Gasteiger partial charge < -0.3 is 4.43 Å². The highest BCUT2D eigenvalue weighted by molar-refractivity contribution is 6.29. The summed E-state index contributed by atoms with van der Waals surface area (Å²) in [4.78, 5) is 0. The van der Waals surface area contributed by atoms with Gasteiger partial charge in [0, 0.05) is 5.56 Å². The second-order valence-corrected chi connectivity index (χ2v) is 8.91. The number of halogens is 1. The van der Waals surface area contributed by atoms with E-state index in [0.29, 0.717) is 11.1 Å². The highest BCUT2D eigenvalue weighted by Crippen LogP contribution is 2.43. The summed E-state index contributed by atoms with van der Waals surface area (Å²) >= 11 is 5.84. The maximum Gasteiger partial charge on any atom is 0.247 e. The third-order valence-electron chi connectivity index (χ3n) is 5.68. The Morgan fingerprint density at radius 3 is 2.19 bits per heavy atom. The number of fused-ring (bicyclic) bond motifs is 1. The molecule has 0 aliphatic rings. The molecule has 3 aromatic rings. The zero-order valence-corrected chi connectivity index (χ0v) is 18.1. The van der Waals surface area contributed by atoms with Crippen LogP contribution in [0.4, 0.5) is 0 Å². The van der Waals surface area contributed by atoms with Crippen LogP contribution in [0.2, 0.25) is 5.15 Å². The van der Waals surface area contributed by atoms with E-state index in [1.54, 1.807) is 6.07 Å². The Hall–Kier alpha value is -1.75. The van der Waals surface area contributed by atoms with E-state index < -0.39 is 5.60 Å². The fourth-order valence-corrected chi connectivity index (χ4v) is 3.80. The van der Waals surface area contributed by atoms with Gasteiger partial charge in [0.05, 0.1) is 11.3 Å². The van der Waals surface area contributed by atoms with E-state index >= 15 is 0 Å². The lowest BCUT2D eigenvalue weighted by atomic mass is 9.69. The summed E-state index contributed by atoms with van der Waals surface area (Å²) in [5.74, 6) is 0.295. The van der Waals surface area contributed by atoms with Crippen LogP contribution in [0.1, 0.15) is 40.2 Å². The van der Waals surface area contributed by atoms with Crippen molar-refractivity contribution < 1.29 is 4.43 Å². The maximum absolute atomic E-state index is 5.84. The third kappa shape index (κ3) is 3.93. The average molecular weight is 396 g/mol. The quantitative estimate of drug-likeness (QED) is 0.512. The Labute approximate surface area is 169 Å². The lowest BCUT2D eigenvalue weighted by molar-refractivity contribution is -0.0147. The minimum absolute atomic E-state index is 0.105. The molecule has 0 amide bonds. The highest BCUT2D eigenvalue weighted by Gasteiger charge is 2.39. The van der Waals surface area contributed by atoms with Crippen molar-refractivity contribution in [3.05, 3.63) is 59.2 Å². The van der Waals surface area contributed by atoms with Crippen LogP contribution >= 0.6 is 11.6 Å². The number of rotatable bonds is 4. The third-order valence-corrected chi connectivity index (χ3v) is 6.30. The van der Waals surface area contributed by atoms with Crippen molar-refractivity contribution in [3.63, 3.8) is 0 Å². The van der Waals surface area contributed by atoms with Crippen LogP contribution < -0.4 is 0 Å². The van der Waals surface area contributed by atoms with Gasteiger partial charge >= 0.3 is 0 Å². The predicted molar refractivity (Wildman–Crippen MR) is 113 cm³/mol. The van der Waals surface area contributed by atoms with E-state index in [1.165, 1.54) is 0 Å². The first-order valence-corrected chi connectivity index (χ1v) is 9.82. The lowest BCUT2D eigenvalue weighted by Gasteiger charge is -2.43. The monoisotopic (exact) mass is 395 g/mol. The standard InChI is InChI=1S/C22H24ClN2OSi/c1-14(21(2,3)4)22(5,26-27)18-9-8-15-12-17(7-6-16(15)13-18)19-10-11-20(23)25-24-19/h6-14H,1-5H3. The number of hydrogen-bond acceptors (Lipinski definition) is 3. The molecule has 0 N–H and O–H groups in total. The van der Waals surface area contributed by atoms with Gasteiger partial charge in [0.25, 0.3) is 0 Å². The normalized spacial score (nSPS) is 15.5. The molecule has 1 aromatic heterocycles. The van der Waals surface area contributed by atoms with Crippen LogP contribution in [0.3, 0.4) is 0 Å². The fourth-order valence-electron chi connectivity index (χ4n) is 3.41. The predicted octanol–water partition coefficient (Wildman–Crippen LogP) is 5.95. The van der Waals surface area contributed by atoms with Crippen molar-refractivity contribution in [2.45, 2.75) is 40.2 Å². The molecule has 5 heteroatoms. The molecular formula is C22H24ClN2OSi. The smallest absolute Gasteiger partial charge is 0.247 e. The number of aromatic nitrogens is 2. The molecule has 27 heavy (non-hydrogen) atoms. The van der Waals surface area contributed by atoms with E-state index in [9.17, 15) is 0 Å². The van der Waals surface area contributed by atoms with Gasteiger partial charge in [-0.1, -0.05) is 63.6 Å². The molecule has 0 saturated heterocycles. The van der Waals surface area contributed by atoms with Crippen LogP contribution in [-0.2, 0) is 10.0 Å². The lowest BCUT2D eigenvalue weighted by Crippen LogP contribution is -2.40. The van der Waals surface area contributed by atoms with Gasteiger partial charge in [-0.05, 0) is 58.9 Å². The van der Waals surface area contributed by atoms with E-state index in [1.807, 2.05) is 6.07 Å². The summed E-state index contributed by atoms with van der Waals surface area (Å²) in [6, 6.07) is 16.4. The second kappa shape index (κ2) is 7.34. The molecule has 2 aromatic carbocycles. The van der Waals surface area contributed by atoms with Crippen LogP contribution in [0, 0.1) is 11.3 Å². The SMILES string of the molecule is CC(C(C)(C)C)C(C)(O[Si])c1ccc2cc(-c3ccc(Cl)nn3)ccc2c1. The van der Waals surface area contributed by atoms with Crippen molar-refractivity contribution in [2.75, 3.05) is 0 Å². The molecule has 2 unspecified atom stereocenters. The Morgan fingerprint density at radius 2 is 1.59 bits per heavy atom. The molecule has 0 fully saturated rings. The van der Waals surface area contributed by atoms with Crippen molar-refractivity contribution in [2.24, 2.45) is 11.3 Å². The first-order chi connectivity index (χ1) is 12.6. The molecule has 0 aliphatic carbocycles. The second-order valence-electron chi connectivity index (χ2n) is 8.31. The number of hydrogen-bond donors (Lipinski definition) is 0. The first kappa shape index (κ1) is 20.0. The number of nitrogens with zero attached hydrogens (tertiary/aromatic N) is 2. The van der Waals surface area contributed by atoms with E-state index in [2.05, 4.69) is 91.7 Å². The van der Waals surface area contributed by atoms with Crippen molar-refractivity contribution >= 4 is 32.9 Å². The van der Waals surface area contributed by atoms with Crippen LogP contribution in [0.25, 0.3) is 22.0 Å². The van der Waals surface area contributed by atoms with Crippen LogP contribution in [-0.4, -0.2) is 20.7 Å². The maximum atomic E-state index is 5.84. The summed E-state index contributed by atoms with van der Waals surface area (Å²) in [7, 11) is 3.34. The van der Waals surface area contributed by atoms with Gasteiger partial charge in [0.2, 0.25) is 10.5 Å². The van der Waals surface area contributed by atoms with Gasteiger partial charge in [-0.2, -0.15) is 0 Å². The molecule has 139 valence electrons. The minimum atomic E-state index is -0.441. The average Bonchev–Trinajstić information content (AvgIpc) is 2.65. The summed E-state index contributed by atoms with van der Waals surface area (Å²) in [6.45, 7) is 11.1. The van der Waals surface area contributed by atoms with Gasteiger partial charge in [0.1, 0.15) is 0 Å². The van der Waals surface area contributed by atoms with Gasteiger partial charge in [-0.15, -0.1) is 10.2 Å². The molecule has 3 nitrogen and oxygen atoms in total. The van der Waals surface area contributed by atoms with Crippen molar-refractivity contribution in [1.82, 2.24) is 10.2 Å². The van der Waals surface area contributed by atoms with Gasteiger partial charge in [0.15, 0.2) is 5.15 Å². The van der Waals surface area contributed by atoms with Crippen LogP contribution in [0.15, 0.2) is 48.5 Å². The molecule has 0 bridgehead atoms. The van der Waals surface area contributed by atoms with Crippen molar-refractivity contribution in [1.29, 1.82) is 0 Å². The Balaban J connectivity index is 2.03. The summed E-state index contributed by atoms with van der Waals surface area (Å²) < 4.78 is 5.84. The Bertz CT molecular complexity index is 953. The van der Waals surface area contributed by atoms with Gasteiger partial charge in [-0.25, -0.2) is 0 Å². The molecule has 0 aliphatic heterocycles. The van der Waals surface area contributed by atoms with Gasteiger partial charge in [-0.3, -0.25) is 0 Å². The fraction of sp³-hybridized carbons (Fsp3) is 0.364. The summed E-state index contributed by atoms with van der Waals surface area (Å²) in [6.07, 6.45) is 0. The highest BCUT2D eigenvalue weighted by atomic mass is 35.5. The zero-order chi connectivity index (χ0) is 19.8. The molecular weight excluding hydrogens is 372 g/mol. The van der Waals surface area contributed by atoms with E-state index in [-0.39, 0.29) is 5.41 Å². The molecule has 3 radical (unpaired) electrons. The molecule has 2 atom stereocenters. The first-order valence-electron chi connectivity index (χ1n) is 9.04. The largest absolute Gasteiger partial charge is 0.409 e. The number of benzene rings is 2. The summed E-state index contributed by atoms with van der Waals surface area (Å²) in [5, 5.41) is 10.8. The Morgan fingerprint density at radius 1 is 0.926 bits per heavy atom. The molecule has 0 saturated carbocycles. The molecule has 1 heterocycles. The minimum Gasteiger partial charge on any atom is -0.409 e.